The number of aromatic nitrogens is 2. The van der Waals surface area contributed by atoms with Crippen LogP contribution < -0.4 is 5.56 Å². The Labute approximate surface area is 138 Å². The van der Waals surface area contributed by atoms with Gasteiger partial charge in [0.05, 0.1) is 10.9 Å². The minimum Gasteiger partial charge on any atom is -0.310 e. The van der Waals surface area contributed by atoms with E-state index in [2.05, 4.69) is 33.2 Å². The number of H-pyrrole nitrogens is 1. The van der Waals surface area contributed by atoms with Crippen LogP contribution in [-0.2, 0) is 12.8 Å². The van der Waals surface area contributed by atoms with E-state index < -0.39 is 0 Å². The number of para-hydroxylation sites is 1. The highest BCUT2D eigenvalue weighted by molar-refractivity contribution is 7.10. The highest BCUT2D eigenvalue weighted by Crippen LogP contribution is 2.32. The second-order valence-corrected chi connectivity index (χ2v) is 7.04. The number of nitrogens with zero attached hydrogens (tertiary/aromatic N) is 2. The normalized spacial score (nSPS) is 18.2. The number of fused-ring (bicyclic) bond motifs is 2. The average Bonchev–Trinajstić information content (AvgIpc) is 3.04. The first kappa shape index (κ1) is 14.6. The van der Waals surface area contributed by atoms with Crippen LogP contribution in [0.1, 0.15) is 29.2 Å². The van der Waals surface area contributed by atoms with E-state index >= 15 is 0 Å². The molecule has 0 saturated carbocycles. The third-order valence-corrected chi connectivity index (χ3v) is 5.70. The molecule has 2 aromatic heterocycles. The zero-order valence-corrected chi connectivity index (χ0v) is 13.9. The third-order valence-electron chi connectivity index (χ3n) is 4.70. The minimum absolute atomic E-state index is 0.0441. The summed E-state index contributed by atoms with van der Waals surface area (Å²) in [7, 11) is 0. The number of aromatic amines is 1. The van der Waals surface area contributed by atoms with Crippen LogP contribution >= 0.6 is 11.3 Å². The zero-order valence-electron chi connectivity index (χ0n) is 13.1. The van der Waals surface area contributed by atoms with Crippen LogP contribution in [0, 0.1) is 0 Å². The summed E-state index contributed by atoms with van der Waals surface area (Å²) in [6.07, 6.45) is 1.89. The molecule has 0 spiro atoms. The summed E-state index contributed by atoms with van der Waals surface area (Å²) in [5.41, 5.74) is 2.19. The molecule has 1 aliphatic rings. The second-order valence-electron chi connectivity index (χ2n) is 6.04. The van der Waals surface area contributed by atoms with E-state index in [1.54, 1.807) is 0 Å². The molecule has 3 heterocycles. The number of hydrogen-bond donors (Lipinski definition) is 1. The standard InChI is InChI=1S/C18H19N3OS/c1-12-13-8-11-23-16(13)6-9-21(12)10-7-17-19-15-5-3-2-4-14(15)18(22)20-17/h2-5,8,11-12H,6-7,9-10H2,1H3,(H,19,20,22)/t12-/m0/s1. The van der Waals surface area contributed by atoms with Gasteiger partial charge in [0.2, 0.25) is 0 Å². The molecule has 0 bridgehead atoms. The Morgan fingerprint density at radius 2 is 2.22 bits per heavy atom. The van der Waals surface area contributed by atoms with Gasteiger partial charge < -0.3 is 4.98 Å². The van der Waals surface area contributed by atoms with Gasteiger partial charge in [-0.1, -0.05) is 12.1 Å². The Hall–Kier alpha value is -1.98. The van der Waals surface area contributed by atoms with Crippen LogP contribution in [-0.4, -0.2) is 28.0 Å². The molecule has 0 aliphatic carbocycles. The van der Waals surface area contributed by atoms with Gasteiger partial charge >= 0.3 is 0 Å². The van der Waals surface area contributed by atoms with Crippen molar-refractivity contribution >= 4 is 22.2 Å². The molecule has 4 rings (SSSR count). The molecule has 3 aromatic rings. The van der Waals surface area contributed by atoms with Crippen molar-refractivity contribution < 1.29 is 0 Å². The highest BCUT2D eigenvalue weighted by atomic mass is 32.1. The van der Waals surface area contributed by atoms with Crippen LogP contribution in [0.25, 0.3) is 10.9 Å². The van der Waals surface area contributed by atoms with Gasteiger partial charge in [-0.05, 0) is 42.5 Å². The van der Waals surface area contributed by atoms with Crippen molar-refractivity contribution in [3.8, 4) is 0 Å². The van der Waals surface area contributed by atoms with Gasteiger partial charge in [0.1, 0.15) is 5.82 Å². The highest BCUT2D eigenvalue weighted by Gasteiger charge is 2.24. The molecule has 0 radical (unpaired) electrons. The Kier molecular flexibility index (Phi) is 3.75. The number of nitrogens with one attached hydrogen (secondary N) is 1. The minimum atomic E-state index is -0.0441. The second kappa shape index (κ2) is 5.91. The Balaban J connectivity index is 1.53. The molecule has 0 amide bonds. The lowest BCUT2D eigenvalue weighted by atomic mass is 10.0. The van der Waals surface area contributed by atoms with Gasteiger partial charge in [-0.3, -0.25) is 9.69 Å². The van der Waals surface area contributed by atoms with Crippen molar-refractivity contribution in [2.24, 2.45) is 0 Å². The average molecular weight is 325 g/mol. The largest absolute Gasteiger partial charge is 0.310 e. The maximum Gasteiger partial charge on any atom is 0.258 e. The van der Waals surface area contributed by atoms with Gasteiger partial charge in [-0.15, -0.1) is 11.3 Å². The molecular formula is C18H19N3OS. The summed E-state index contributed by atoms with van der Waals surface area (Å²) in [5.74, 6) is 0.775. The predicted octanol–water partition coefficient (Wildman–Crippen LogP) is 3.15. The van der Waals surface area contributed by atoms with Crippen LogP contribution in [0.5, 0.6) is 0 Å². The lowest BCUT2D eigenvalue weighted by molar-refractivity contribution is 0.201. The molecule has 23 heavy (non-hydrogen) atoms. The van der Waals surface area contributed by atoms with E-state index in [0.29, 0.717) is 11.4 Å². The number of rotatable bonds is 3. The summed E-state index contributed by atoms with van der Waals surface area (Å²) in [6, 6.07) is 10.2. The molecule has 0 saturated heterocycles. The van der Waals surface area contributed by atoms with Crippen molar-refractivity contribution in [3.05, 3.63) is 62.3 Å². The van der Waals surface area contributed by atoms with Crippen LogP contribution in [0.2, 0.25) is 0 Å². The first-order valence-electron chi connectivity index (χ1n) is 8.00. The third kappa shape index (κ3) is 2.71. The first-order valence-corrected chi connectivity index (χ1v) is 8.88. The SMILES string of the molecule is C[C@H]1c2ccsc2CCN1CCc1nc2ccccc2c(=O)[nH]1. The Morgan fingerprint density at radius 3 is 3.13 bits per heavy atom. The molecule has 1 aliphatic heterocycles. The fourth-order valence-corrected chi connectivity index (χ4v) is 4.33. The maximum atomic E-state index is 12.1. The summed E-state index contributed by atoms with van der Waals surface area (Å²) < 4.78 is 0. The predicted molar refractivity (Wildman–Crippen MR) is 94.1 cm³/mol. The van der Waals surface area contributed by atoms with E-state index in [0.717, 1.165) is 37.3 Å². The zero-order chi connectivity index (χ0) is 15.8. The lowest BCUT2D eigenvalue weighted by Crippen LogP contribution is -2.35. The van der Waals surface area contributed by atoms with E-state index in [-0.39, 0.29) is 5.56 Å². The fourth-order valence-electron chi connectivity index (χ4n) is 3.37. The lowest BCUT2D eigenvalue weighted by Gasteiger charge is -2.33. The molecule has 4 nitrogen and oxygen atoms in total. The number of hydrogen-bond acceptors (Lipinski definition) is 4. The van der Waals surface area contributed by atoms with Crippen molar-refractivity contribution in [3.63, 3.8) is 0 Å². The van der Waals surface area contributed by atoms with Gasteiger partial charge in [-0.25, -0.2) is 4.98 Å². The van der Waals surface area contributed by atoms with E-state index in [4.69, 9.17) is 0 Å². The van der Waals surface area contributed by atoms with Crippen LogP contribution in [0.15, 0.2) is 40.5 Å². The van der Waals surface area contributed by atoms with E-state index in [1.165, 1.54) is 10.4 Å². The van der Waals surface area contributed by atoms with E-state index in [1.807, 2.05) is 35.6 Å². The summed E-state index contributed by atoms with van der Waals surface area (Å²) in [6.45, 7) is 4.26. The van der Waals surface area contributed by atoms with E-state index in [9.17, 15) is 4.79 Å². The van der Waals surface area contributed by atoms with Crippen molar-refractivity contribution in [1.29, 1.82) is 0 Å². The van der Waals surface area contributed by atoms with Gasteiger partial charge in [0.15, 0.2) is 0 Å². The number of benzene rings is 1. The summed E-state index contributed by atoms with van der Waals surface area (Å²) in [4.78, 5) is 23.7. The Morgan fingerprint density at radius 1 is 1.35 bits per heavy atom. The summed E-state index contributed by atoms with van der Waals surface area (Å²) >= 11 is 1.86. The smallest absolute Gasteiger partial charge is 0.258 e. The van der Waals surface area contributed by atoms with Gasteiger partial charge in [-0.2, -0.15) is 0 Å². The fraction of sp³-hybridized carbons (Fsp3) is 0.333. The van der Waals surface area contributed by atoms with Crippen LogP contribution in [0.3, 0.4) is 0 Å². The summed E-state index contributed by atoms with van der Waals surface area (Å²) in [5, 5.41) is 2.85. The molecule has 5 heteroatoms. The van der Waals surface area contributed by atoms with Gasteiger partial charge in [0, 0.05) is 30.4 Å². The van der Waals surface area contributed by atoms with Crippen molar-refractivity contribution in [1.82, 2.24) is 14.9 Å². The van der Waals surface area contributed by atoms with Crippen molar-refractivity contribution in [2.75, 3.05) is 13.1 Å². The number of thiophene rings is 1. The van der Waals surface area contributed by atoms with Crippen LogP contribution in [0.4, 0.5) is 0 Å². The van der Waals surface area contributed by atoms with Gasteiger partial charge in [0.25, 0.3) is 5.56 Å². The molecule has 0 fully saturated rings. The molecule has 118 valence electrons. The quantitative estimate of drug-likeness (QED) is 0.805. The molecule has 1 aromatic carbocycles. The monoisotopic (exact) mass is 325 g/mol. The Bertz CT molecular complexity index is 898. The molecule has 0 unspecified atom stereocenters. The molecule has 1 atom stereocenters. The molecule has 1 N–H and O–H groups in total. The van der Waals surface area contributed by atoms with Crippen molar-refractivity contribution in [2.45, 2.75) is 25.8 Å². The first-order chi connectivity index (χ1) is 11.2. The maximum absolute atomic E-state index is 12.1. The molecular weight excluding hydrogens is 306 g/mol. The topological polar surface area (TPSA) is 49.0 Å².